The third kappa shape index (κ3) is 3.21. The van der Waals surface area contributed by atoms with Crippen molar-refractivity contribution in [1.82, 2.24) is 25.1 Å². The summed E-state index contributed by atoms with van der Waals surface area (Å²) in [5, 5.41) is 21.3. The van der Waals surface area contributed by atoms with E-state index in [2.05, 4.69) is 34.3 Å². The molecule has 2 aromatic rings. The van der Waals surface area contributed by atoms with Crippen LogP contribution in [0.3, 0.4) is 0 Å². The van der Waals surface area contributed by atoms with Gasteiger partial charge in [0.2, 0.25) is 0 Å². The van der Waals surface area contributed by atoms with Gasteiger partial charge in [0.15, 0.2) is 0 Å². The number of nitrogens with zero attached hydrogens (tertiary/aromatic N) is 3. The lowest BCUT2D eigenvalue weighted by atomic mass is 10.0. The number of aromatic nitrogens is 4. The van der Waals surface area contributed by atoms with E-state index >= 15 is 0 Å². The summed E-state index contributed by atoms with van der Waals surface area (Å²) in [6.07, 6.45) is 4.50. The van der Waals surface area contributed by atoms with Crippen molar-refractivity contribution in [1.29, 1.82) is 0 Å². The van der Waals surface area contributed by atoms with Crippen LogP contribution >= 0.6 is 0 Å². The van der Waals surface area contributed by atoms with Crippen LogP contribution in [0.4, 0.5) is 0 Å². The number of aromatic amines is 1. The standard InChI is InChI=1S/C17H25N5O2/c1-10(2)15-13(4-5-18-15)17(24)19-8-12-6-11(7-14(12)23)16-21-20-9-22(16)3/h4-5,9-12,14,18,23H,6-8H2,1-3H3,(H,19,24)/t11-,12+,14+/m0/s1. The number of H-pyrrole nitrogens is 1. The largest absolute Gasteiger partial charge is 0.393 e. The Bertz CT molecular complexity index is 705. The van der Waals surface area contributed by atoms with Crippen LogP contribution in [0.2, 0.25) is 0 Å². The molecule has 130 valence electrons. The average molecular weight is 331 g/mol. The normalized spacial score (nSPS) is 23.8. The molecule has 3 rings (SSSR count). The highest BCUT2D eigenvalue weighted by atomic mass is 16.3. The maximum atomic E-state index is 12.4. The van der Waals surface area contributed by atoms with E-state index < -0.39 is 6.10 Å². The van der Waals surface area contributed by atoms with Gasteiger partial charge in [-0.1, -0.05) is 13.8 Å². The highest BCUT2D eigenvalue weighted by Gasteiger charge is 2.36. The second-order valence-corrected chi connectivity index (χ2v) is 6.97. The Morgan fingerprint density at radius 3 is 2.96 bits per heavy atom. The van der Waals surface area contributed by atoms with Crippen molar-refractivity contribution < 1.29 is 9.90 Å². The lowest BCUT2D eigenvalue weighted by Crippen LogP contribution is -2.32. The molecule has 1 aliphatic rings. The summed E-state index contributed by atoms with van der Waals surface area (Å²) >= 11 is 0. The van der Waals surface area contributed by atoms with Gasteiger partial charge in [0.25, 0.3) is 5.91 Å². The molecule has 7 heteroatoms. The van der Waals surface area contributed by atoms with E-state index in [1.807, 2.05) is 11.6 Å². The highest BCUT2D eigenvalue weighted by Crippen LogP contribution is 2.37. The fraction of sp³-hybridized carbons (Fsp3) is 0.588. The number of amides is 1. The molecule has 0 bridgehead atoms. The zero-order valence-electron chi connectivity index (χ0n) is 14.4. The Kier molecular flexibility index (Phi) is 4.71. The molecule has 0 radical (unpaired) electrons. The second-order valence-electron chi connectivity index (χ2n) is 6.97. The minimum absolute atomic E-state index is 0.0390. The van der Waals surface area contributed by atoms with Crippen LogP contribution in [-0.4, -0.2) is 43.4 Å². The molecule has 3 N–H and O–H groups in total. The molecule has 1 fully saturated rings. The Labute approximate surface area is 141 Å². The number of aliphatic hydroxyl groups is 1. The molecule has 0 aromatic carbocycles. The number of hydrogen-bond acceptors (Lipinski definition) is 4. The number of carbonyl (C=O) groups is 1. The van der Waals surface area contributed by atoms with Crippen LogP contribution in [0.5, 0.6) is 0 Å². The predicted molar refractivity (Wildman–Crippen MR) is 89.7 cm³/mol. The molecule has 1 amide bonds. The highest BCUT2D eigenvalue weighted by molar-refractivity contribution is 5.95. The summed E-state index contributed by atoms with van der Waals surface area (Å²) in [5.74, 6) is 1.30. The van der Waals surface area contributed by atoms with Crippen LogP contribution in [0, 0.1) is 5.92 Å². The first kappa shape index (κ1) is 16.7. The Balaban J connectivity index is 1.60. The smallest absolute Gasteiger partial charge is 0.253 e. The summed E-state index contributed by atoms with van der Waals surface area (Å²) in [6.45, 7) is 4.57. The minimum atomic E-state index is -0.428. The molecule has 1 aliphatic carbocycles. The molecule has 24 heavy (non-hydrogen) atoms. The first-order valence-corrected chi connectivity index (χ1v) is 8.44. The zero-order chi connectivity index (χ0) is 17.3. The summed E-state index contributed by atoms with van der Waals surface area (Å²) in [4.78, 5) is 15.5. The van der Waals surface area contributed by atoms with Crippen molar-refractivity contribution in [2.45, 2.75) is 44.6 Å². The summed E-state index contributed by atoms with van der Waals surface area (Å²) in [6, 6.07) is 1.80. The van der Waals surface area contributed by atoms with Crippen LogP contribution < -0.4 is 5.32 Å². The van der Waals surface area contributed by atoms with Gasteiger partial charge in [-0.3, -0.25) is 4.79 Å². The number of hydrogen-bond donors (Lipinski definition) is 3. The molecule has 2 heterocycles. The van der Waals surface area contributed by atoms with Crippen LogP contribution in [0.15, 0.2) is 18.6 Å². The first-order valence-electron chi connectivity index (χ1n) is 8.44. The summed E-state index contributed by atoms with van der Waals surface area (Å²) < 4.78 is 1.90. The lowest BCUT2D eigenvalue weighted by molar-refractivity contribution is 0.0915. The topological polar surface area (TPSA) is 95.8 Å². The quantitative estimate of drug-likeness (QED) is 0.774. The fourth-order valence-electron chi connectivity index (χ4n) is 3.57. The van der Waals surface area contributed by atoms with E-state index in [1.54, 1.807) is 18.6 Å². The number of nitrogens with one attached hydrogen (secondary N) is 2. The first-order chi connectivity index (χ1) is 11.5. The number of carbonyl (C=O) groups excluding carboxylic acids is 1. The van der Waals surface area contributed by atoms with Crippen molar-refractivity contribution in [3.05, 3.63) is 35.7 Å². The van der Waals surface area contributed by atoms with Gasteiger partial charge < -0.3 is 20.0 Å². The molecule has 2 aromatic heterocycles. The average Bonchev–Trinajstić information content (AvgIpc) is 3.24. The predicted octanol–water partition coefficient (Wildman–Crippen LogP) is 1.55. The molecule has 7 nitrogen and oxygen atoms in total. The van der Waals surface area contributed by atoms with Crippen LogP contribution in [0.1, 0.15) is 60.4 Å². The lowest BCUT2D eigenvalue weighted by Gasteiger charge is -2.15. The fourth-order valence-corrected chi connectivity index (χ4v) is 3.57. The summed E-state index contributed by atoms with van der Waals surface area (Å²) in [5.41, 5.74) is 1.62. The van der Waals surface area contributed by atoms with E-state index in [0.29, 0.717) is 18.5 Å². The molecular weight excluding hydrogens is 306 g/mol. The van der Waals surface area contributed by atoms with Crippen molar-refractivity contribution in [2.24, 2.45) is 13.0 Å². The molecule has 0 spiro atoms. The van der Waals surface area contributed by atoms with E-state index in [0.717, 1.165) is 17.9 Å². The van der Waals surface area contributed by atoms with E-state index in [9.17, 15) is 9.90 Å². The van der Waals surface area contributed by atoms with Gasteiger partial charge >= 0.3 is 0 Å². The maximum Gasteiger partial charge on any atom is 0.253 e. The van der Waals surface area contributed by atoms with Crippen LogP contribution in [0.25, 0.3) is 0 Å². The third-order valence-electron chi connectivity index (χ3n) is 4.89. The number of aliphatic hydroxyl groups excluding tert-OH is 1. The Hall–Kier alpha value is -2.15. The van der Waals surface area contributed by atoms with E-state index in [1.165, 1.54) is 0 Å². The Morgan fingerprint density at radius 2 is 2.29 bits per heavy atom. The van der Waals surface area contributed by atoms with Crippen molar-refractivity contribution in [3.8, 4) is 0 Å². The van der Waals surface area contributed by atoms with Gasteiger partial charge in [0.05, 0.1) is 11.7 Å². The SMILES string of the molecule is CC(C)c1[nH]ccc1C(=O)NC[C@H]1C[C@H](c2nncn2C)C[C@H]1O. The van der Waals surface area contributed by atoms with Gasteiger partial charge in [-0.25, -0.2) is 0 Å². The maximum absolute atomic E-state index is 12.4. The van der Waals surface area contributed by atoms with Gasteiger partial charge in [0.1, 0.15) is 12.2 Å². The van der Waals surface area contributed by atoms with Gasteiger partial charge in [-0.05, 0) is 24.8 Å². The molecule has 0 saturated heterocycles. The molecule has 1 saturated carbocycles. The monoisotopic (exact) mass is 331 g/mol. The minimum Gasteiger partial charge on any atom is -0.393 e. The summed E-state index contributed by atoms with van der Waals surface area (Å²) in [7, 11) is 1.91. The van der Waals surface area contributed by atoms with Gasteiger partial charge in [-0.15, -0.1) is 10.2 Å². The van der Waals surface area contributed by atoms with Gasteiger partial charge in [-0.2, -0.15) is 0 Å². The molecule has 0 aliphatic heterocycles. The van der Waals surface area contributed by atoms with Crippen molar-refractivity contribution in [3.63, 3.8) is 0 Å². The molecular formula is C17H25N5O2. The van der Waals surface area contributed by atoms with Crippen molar-refractivity contribution in [2.75, 3.05) is 6.54 Å². The third-order valence-corrected chi connectivity index (χ3v) is 4.89. The van der Waals surface area contributed by atoms with E-state index in [-0.39, 0.29) is 23.7 Å². The van der Waals surface area contributed by atoms with Crippen molar-refractivity contribution >= 4 is 5.91 Å². The van der Waals surface area contributed by atoms with Gasteiger partial charge in [0, 0.05) is 37.3 Å². The number of rotatable bonds is 5. The van der Waals surface area contributed by atoms with E-state index in [4.69, 9.17) is 0 Å². The second kappa shape index (κ2) is 6.76. The number of aryl methyl sites for hydroxylation is 1. The van der Waals surface area contributed by atoms with Crippen LogP contribution in [-0.2, 0) is 7.05 Å². The zero-order valence-corrected chi connectivity index (χ0v) is 14.4. The molecule has 3 atom stereocenters. The Morgan fingerprint density at radius 1 is 1.50 bits per heavy atom. The molecule has 0 unspecified atom stereocenters.